The molecule has 2 N–H and O–H groups in total. The van der Waals surface area contributed by atoms with Gasteiger partial charge in [-0.05, 0) is 75.2 Å². The molecule has 2 aliphatic carbocycles. The van der Waals surface area contributed by atoms with Gasteiger partial charge in [-0.2, -0.15) is 0 Å². The van der Waals surface area contributed by atoms with Gasteiger partial charge in [-0.25, -0.2) is 0 Å². The average Bonchev–Trinajstić information content (AvgIpc) is 2.54. The standard InChI is InChI=1S/C15H28FN.C3H4O/c16-11-1-2-12-3-5-13(6-4-12)14-7-9-15(17)10-8-14;1-2-3-4/h12-15H,1-11,17H2;2-3H,1H2. The van der Waals surface area contributed by atoms with Crippen molar-refractivity contribution in [3.8, 4) is 0 Å². The molecule has 2 nitrogen and oxygen atoms in total. The molecular weight excluding hydrogens is 265 g/mol. The number of hydrogen-bond acceptors (Lipinski definition) is 2. The van der Waals surface area contributed by atoms with Crippen LogP contribution in [0.1, 0.15) is 64.2 Å². The van der Waals surface area contributed by atoms with Crippen LogP contribution in [0, 0.1) is 17.8 Å². The van der Waals surface area contributed by atoms with Gasteiger partial charge in [0.15, 0.2) is 0 Å². The van der Waals surface area contributed by atoms with Crippen molar-refractivity contribution in [3.05, 3.63) is 12.7 Å². The zero-order valence-corrected chi connectivity index (χ0v) is 13.3. The van der Waals surface area contributed by atoms with Crippen LogP contribution in [0.3, 0.4) is 0 Å². The van der Waals surface area contributed by atoms with Crippen LogP contribution < -0.4 is 5.73 Å². The summed E-state index contributed by atoms with van der Waals surface area (Å²) in [5, 5.41) is 0. The molecule has 0 aromatic heterocycles. The van der Waals surface area contributed by atoms with Crippen LogP contribution >= 0.6 is 0 Å². The van der Waals surface area contributed by atoms with Crippen molar-refractivity contribution < 1.29 is 9.18 Å². The van der Waals surface area contributed by atoms with Gasteiger partial charge < -0.3 is 5.73 Å². The summed E-state index contributed by atoms with van der Waals surface area (Å²) in [5.74, 6) is 2.74. The summed E-state index contributed by atoms with van der Waals surface area (Å²) in [7, 11) is 0. The lowest BCUT2D eigenvalue weighted by Gasteiger charge is -2.37. The molecule has 0 aromatic rings. The second-order valence-corrected chi connectivity index (χ2v) is 6.66. The van der Waals surface area contributed by atoms with Crippen LogP contribution in [0.5, 0.6) is 0 Å². The summed E-state index contributed by atoms with van der Waals surface area (Å²) in [6.45, 7) is 2.99. The Hall–Kier alpha value is -0.700. The fourth-order valence-corrected chi connectivity index (χ4v) is 3.93. The van der Waals surface area contributed by atoms with Gasteiger partial charge in [-0.15, -0.1) is 0 Å². The SMILES string of the molecule is C=CC=O.NC1CCC(C2CCC(CCCF)CC2)CC1. The van der Waals surface area contributed by atoms with Crippen LogP contribution in [-0.2, 0) is 4.79 Å². The Morgan fingerprint density at radius 2 is 1.48 bits per heavy atom. The van der Waals surface area contributed by atoms with Crippen molar-refractivity contribution in [3.63, 3.8) is 0 Å². The molecular formula is C18H32FNO. The van der Waals surface area contributed by atoms with E-state index in [4.69, 9.17) is 10.5 Å². The zero-order chi connectivity index (χ0) is 15.5. The van der Waals surface area contributed by atoms with Gasteiger partial charge in [0.05, 0.1) is 6.67 Å². The summed E-state index contributed by atoms with van der Waals surface area (Å²) < 4.78 is 12.1. The minimum atomic E-state index is -0.125. The maximum atomic E-state index is 12.1. The fraction of sp³-hybridized carbons (Fsp3) is 0.833. The van der Waals surface area contributed by atoms with Crippen LogP contribution in [-0.4, -0.2) is 19.0 Å². The third-order valence-corrected chi connectivity index (χ3v) is 5.22. The molecule has 0 aromatic carbocycles. The number of carbonyl (C=O) groups is 1. The quantitative estimate of drug-likeness (QED) is 0.602. The van der Waals surface area contributed by atoms with Crippen LogP contribution in [0.25, 0.3) is 0 Å². The lowest BCUT2D eigenvalue weighted by atomic mass is 9.70. The van der Waals surface area contributed by atoms with E-state index >= 15 is 0 Å². The smallest absolute Gasteiger partial charge is 0.142 e. The van der Waals surface area contributed by atoms with Crippen LogP contribution in [0.15, 0.2) is 12.7 Å². The Morgan fingerprint density at radius 3 is 1.90 bits per heavy atom. The van der Waals surface area contributed by atoms with Gasteiger partial charge >= 0.3 is 0 Å². The Balaban J connectivity index is 0.000000491. The van der Waals surface area contributed by atoms with Crippen molar-refractivity contribution in [2.24, 2.45) is 23.5 Å². The van der Waals surface area contributed by atoms with E-state index in [0.29, 0.717) is 12.3 Å². The molecule has 0 aliphatic heterocycles. The molecule has 2 aliphatic rings. The van der Waals surface area contributed by atoms with Crippen molar-refractivity contribution in [2.45, 2.75) is 70.3 Å². The van der Waals surface area contributed by atoms with E-state index in [1.165, 1.54) is 57.4 Å². The maximum absolute atomic E-state index is 12.1. The van der Waals surface area contributed by atoms with Crippen molar-refractivity contribution in [2.75, 3.05) is 6.67 Å². The molecule has 0 heterocycles. The third-order valence-electron chi connectivity index (χ3n) is 5.22. The molecule has 2 saturated carbocycles. The monoisotopic (exact) mass is 297 g/mol. The average molecular weight is 297 g/mol. The Kier molecular flexibility index (Phi) is 9.56. The summed E-state index contributed by atoms with van der Waals surface area (Å²) in [5.41, 5.74) is 5.97. The highest BCUT2D eigenvalue weighted by Gasteiger charge is 2.29. The number of carbonyl (C=O) groups excluding carboxylic acids is 1. The predicted octanol–water partition coefficient (Wildman–Crippen LogP) is 4.43. The summed E-state index contributed by atoms with van der Waals surface area (Å²) in [4.78, 5) is 9.06. The van der Waals surface area contributed by atoms with E-state index in [-0.39, 0.29) is 6.67 Å². The highest BCUT2D eigenvalue weighted by Crippen LogP contribution is 2.40. The molecule has 3 heteroatoms. The van der Waals surface area contributed by atoms with E-state index in [9.17, 15) is 4.39 Å². The van der Waals surface area contributed by atoms with Gasteiger partial charge in [-0.1, -0.05) is 19.4 Å². The first-order valence-electron chi connectivity index (χ1n) is 8.59. The number of hydrogen-bond donors (Lipinski definition) is 1. The van der Waals surface area contributed by atoms with Gasteiger partial charge in [0.25, 0.3) is 0 Å². The third kappa shape index (κ3) is 7.21. The van der Waals surface area contributed by atoms with E-state index in [2.05, 4.69) is 6.58 Å². The minimum absolute atomic E-state index is 0.125. The van der Waals surface area contributed by atoms with Gasteiger partial charge in [0.2, 0.25) is 0 Å². The fourth-order valence-electron chi connectivity index (χ4n) is 3.93. The topological polar surface area (TPSA) is 43.1 Å². The van der Waals surface area contributed by atoms with Gasteiger partial charge in [0, 0.05) is 6.04 Å². The molecule has 0 saturated heterocycles. The summed E-state index contributed by atoms with van der Waals surface area (Å²) >= 11 is 0. The molecule has 0 spiro atoms. The number of alkyl halides is 1. The lowest BCUT2D eigenvalue weighted by Crippen LogP contribution is -2.31. The van der Waals surface area contributed by atoms with Gasteiger partial charge in [0.1, 0.15) is 6.29 Å². The molecule has 0 amide bonds. The minimum Gasteiger partial charge on any atom is -0.328 e. The number of aldehydes is 1. The Morgan fingerprint density at radius 1 is 1.00 bits per heavy atom. The first-order valence-corrected chi connectivity index (χ1v) is 8.59. The molecule has 0 bridgehead atoms. The molecule has 0 atom stereocenters. The Labute approximate surface area is 129 Å². The molecule has 2 fully saturated rings. The molecule has 21 heavy (non-hydrogen) atoms. The molecule has 0 radical (unpaired) electrons. The zero-order valence-electron chi connectivity index (χ0n) is 13.3. The van der Waals surface area contributed by atoms with Gasteiger partial charge in [-0.3, -0.25) is 9.18 Å². The normalized spacial score (nSPS) is 32.7. The predicted molar refractivity (Wildman–Crippen MR) is 86.9 cm³/mol. The van der Waals surface area contributed by atoms with Crippen LogP contribution in [0.2, 0.25) is 0 Å². The van der Waals surface area contributed by atoms with E-state index in [1.54, 1.807) is 0 Å². The maximum Gasteiger partial charge on any atom is 0.142 e. The van der Waals surface area contributed by atoms with Crippen molar-refractivity contribution >= 4 is 6.29 Å². The molecule has 0 unspecified atom stereocenters. The van der Waals surface area contributed by atoms with Crippen molar-refractivity contribution in [1.82, 2.24) is 0 Å². The highest BCUT2D eigenvalue weighted by molar-refractivity contribution is 5.63. The van der Waals surface area contributed by atoms with Crippen molar-refractivity contribution in [1.29, 1.82) is 0 Å². The van der Waals surface area contributed by atoms with E-state index < -0.39 is 0 Å². The highest BCUT2D eigenvalue weighted by atomic mass is 19.1. The number of rotatable bonds is 5. The number of nitrogens with two attached hydrogens (primary N) is 1. The second-order valence-electron chi connectivity index (χ2n) is 6.66. The largest absolute Gasteiger partial charge is 0.328 e. The first kappa shape index (κ1) is 18.3. The molecule has 2 rings (SSSR count). The van der Waals surface area contributed by atoms with Crippen LogP contribution in [0.4, 0.5) is 4.39 Å². The summed E-state index contributed by atoms with van der Waals surface area (Å²) in [6.07, 6.45) is 14.5. The first-order chi connectivity index (χ1) is 10.2. The lowest BCUT2D eigenvalue weighted by molar-refractivity contribution is -0.104. The Bertz CT molecular complexity index is 273. The second kappa shape index (κ2) is 10.9. The summed E-state index contributed by atoms with van der Waals surface area (Å²) in [6, 6.07) is 0.479. The van der Waals surface area contributed by atoms with E-state index in [1.807, 2.05) is 0 Å². The molecule has 122 valence electrons. The van der Waals surface area contributed by atoms with E-state index in [0.717, 1.165) is 30.6 Å². The number of allylic oxidation sites excluding steroid dienone is 1. The number of halogens is 1.